The quantitative estimate of drug-likeness (QED) is 0.499. The average molecular weight is 138 g/mol. The van der Waals surface area contributed by atoms with Gasteiger partial charge in [-0.1, -0.05) is 12.8 Å². The lowest BCUT2D eigenvalue weighted by Gasteiger charge is -2.34. The Labute approximate surface area is 62.8 Å². The van der Waals surface area contributed by atoms with E-state index in [1.165, 1.54) is 25.7 Å². The van der Waals surface area contributed by atoms with Gasteiger partial charge >= 0.3 is 0 Å². The topological polar surface area (TPSA) is 9.23 Å². The molecule has 0 amide bonds. The minimum Gasteiger partial charge on any atom is -0.368 e. The van der Waals surface area contributed by atoms with Crippen molar-refractivity contribution < 1.29 is 4.74 Å². The third kappa shape index (κ3) is 1.20. The van der Waals surface area contributed by atoms with Crippen LogP contribution in [0.1, 0.15) is 32.1 Å². The molecule has 0 spiro atoms. The van der Waals surface area contributed by atoms with Crippen LogP contribution >= 0.6 is 0 Å². The van der Waals surface area contributed by atoms with Crippen LogP contribution in [0.4, 0.5) is 0 Å². The zero-order valence-electron chi connectivity index (χ0n) is 6.31. The summed E-state index contributed by atoms with van der Waals surface area (Å²) in [4.78, 5) is 0. The fraction of sp³-hybridized carbons (Fsp3) is 0.889. The van der Waals surface area contributed by atoms with E-state index in [2.05, 4.69) is 6.61 Å². The van der Waals surface area contributed by atoms with Gasteiger partial charge in [-0.05, 0) is 31.1 Å². The van der Waals surface area contributed by atoms with Gasteiger partial charge in [0.05, 0.1) is 6.61 Å². The Bertz CT molecular complexity index is 85.3. The van der Waals surface area contributed by atoms with Gasteiger partial charge in [-0.3, -0.25) is 0 Å². The highest BCUT2D eigenvalue weighted by Crippen LogP contribution is 2.35. The molecule has 10 heavy (non-hydrogen) atoms. The first kappa shape index (κ1) is 6.66. The summed E-state index contributed by atoms with van der Waals surface area (Å²) in [5.74, 6) is 1.79. The maximum Gasteiger partial charge on any atom is 0.132 e. The lowest BCUT2D eigenvalue weighted by Crippen LogP contribution is -2.27. The van der Waals surface area contributed by atoms with Crippen LogP contribution in [0.2, 0.25) is 0 Å². The second kappa shape index (κ2) is 2.91. The minimum atomic E-state index is 0.870. The van der Waals surface area contributed by atoms with Crippen LogP contribution in [0.5, 0.6) is 0 Å². The normalized spacial score (nSPS) is 40.8. The third-order valence-electron chi connectivity index (χ3n) is 2.81. The Morgan fingerprint density at radius 1 is 1.10 bits per heavy atom. The molecule has 0 aromatic rings. The van der Waals surface area contributed by atoms with Gasteiger partial charge in [-0.25, -0.2) is 0 Å². The molecular weight excluding hydrogens is 124 g/mol. The van der Waals surface area contributed by atoms with Crippen LogP contribution in [-0.2, 0) is 4.74 Å². The van der Waals surface area contributed by atoms with Crippen molar-refractivity contribution in [1.29, 1.82) is 0 Å². The summed E-state index contributed by atoms with van der Waals surface area (Å²) in [6.45, 7) is 3.93. The minimum absolute atomic E-state index is 0.870. The van der Waals surface area contributed by atoms with Gasteiger partial charge in [0.1, 0.15) is 6.61 Å². The van der Waals surface area contributed by atoms with Gasteiger partial charge in [-0.2, -0.15) is 0 Å². The molecule has 2 aliphatic rings. The first-order chi connectivity index (χ1) is 4.97. The lowest BCUT2D eigenvalue weighted by atomic mass is 9.77. The fourth-order valence-electron chi connectivity index (χ4n) is 2.10. The third-order valence-corrected chi connectivity index (χ3v) is 2.81. The summed E-state index contributed by atoms with van der Waals surface area (Å²) in [7, 11) is 0. The van der Waals surface area contributed by atoms with Crippen LogP contribution in [0.3, 0.4) is 0 Å². The fourth-order valence-corrected chi connectivity index (χ4v) is 2.10. The molecule has 1 heterocycles. The number of hydrogen-bond acceptors (Lipinski definition) is 1. The molecule has 0 aromatic carbocycles. The molecular formula is C9H14O. The van der Waals surface area contributed by atoms with Crippen molar-refractivity contribution in [2.75, 3.05) is 6.61 Å². The molecule has 2 fully saturated rings. The highest BCUT2D eigenvalue weighted by atomic mass is 16.5. The first-order valence-corrected chi connectivity index (χ1v) is 4.31. The van der Waals surface area contributed by atoms with Crippen molar-refractivity contribution in [2.45, 2.75) is 32.1 Å². The number of fused-ring (bicyclic) bond motifs is 1. The van der Waals surface area contributed by atoms with Crippen molar-refractivity contribution in [2.24, 2.45) is 11.8 Å². The van der Waals surface area contributed by atoms with E-state index >= 15 is 0 Å². The van der Waals surface area contributed by atoms with E-state index in [0.29, 0.717) is 0 Å². The van der Waals surface area contributed by atoms with Crippen LogP contribution in [-0.4, -0.2) is 6.61 Å². The lowest BCUT2D eigenvalue weighted by molar-refractivity contribution is 0.0393. The molecule has 1 saturated heterocycles. The van der Waals surface area contributed by atoms with Crippen LogP contribution in [0.15, 0.2) is 0 Å². The van der Waals surface area contributed by atoms with Crippen LogP contribution in [0.25, 0.3) is 0 Å². The zero-order valence-corrected chi connectivity index (χ0v) is 6.31. The van der Waals surface area contributed by atoms with Crippen molar-refractivity contribution >= 4 is 0 Å². The van der Waals surface area contributed by atoms with Crippen LogP contribution < -0.4 is 0 Å². The molecule has 2 atom stereocenters. The Hall–Kier alpha value is -0.0400. The number of hydrogen-bond donors (Lipinski definition) is 0. The van der Waals surface area contributed by atoms with E-state index in [1.54, 1.807) is 0 Å². The molecule has 1 nitrogen and oxygen atoms in total. The number of ether oxygens (including phenoxy) is 1. The second-order valence-corrected chi connectivity index (χ2v) is 3.46. The van der Waals surface area contributed by atoms with Crippen molar-refractivity contribution in [3.63, 3.8) is 0 Å². The molecule has 1 aliphatic carbocycles. The first-order valence-electron chi connectivity index (χ1n) is 4.31. The predicted molar refractivity (Wildman–Crippen MR) is 39.3 cm³/mol. The molecule has 1 saturated carbocycles. The summed E-state index contributed by atoms with van der Waals surface area (Å²) < 4.78 is 5.19. The van der Waals surface area contributed by atoms with Crippen LogP contribution in [0, 0.1) is 18.4 Å². The van der Waals surface area contributed by atoms with Gasteiger partial charge in [-0.15, -0.1) is 0 Å². The van der Waals surface area contributed by atoms with E-state index in [9.17, 15) is 0 Å². The van der Waals surface area contributed by atoms with E-state index < -0.39 is 0 Å². The summed E-state index contributed by atoms with van der Waals surface area (Å²) in [6, 6.07) is 0. The largest absolute Gasteiger partial charge is 0.368 e. The maximum atomic E-state index is 5.19. The summed E-state index contributed by atoms with van der Waals surface area (Å²) in [6.07, 6.45) is 6.76. The van der Waals surface area contributed by atoms with E-state index in [1.807, 2.05) is 0 Å². The van der Waals surface area contributed by atoms with Gasteiger partial charge in [0.15, 0.2) is 0 Å². The van der Waals surface area contributed by atoms with Crippen molar-refractivity contribution in [3.05, 3.63) is 6.61 Å². The van der Waals surface area contributed by atoms with E-state index in [0.717, 1.165) is 24.9 Å². The molecule has 2 rings (SSSR count). The Morgan fingerprint density at radius 3 is 2.70 bits per heavy atom. The molecule has 0 aromatic heterocycles. The molecule has 0 bridgehead atoms. The molecule has 1 aliphatic heterocycles. The predicted octanol–water partition coefficient (Wildman–Crippen LogP) is 2.25. The summed E-state index contributed by atoms with van der Waals surface area (Å²) >= 11 is 0. The Morgan fingerprint density at radius 2 is 1.90 bits per heavy atom. The summed E-state index contributed by atoms with van der Waals surface area (Å²) in [5.41, 5.74) is 0. The maximum absolute atomic E-state index is 5.19. The van der Waals surface area contributed by atoms with Gasteiger partial charge in [0.2, 0.25) is 0 Å². The Balaban J connectivity index is 1.93. The van der Waals surface area contributed by atoms with Gasteiger partial charge < -0.3 is 4.74 Å². The SMILES string of the molecule is [C]1CC2CCCCC2CO1. The summed E-state index contributed by atoms with van der Waals surface area (Å²) in [5, 5.41) is 0. The van der Waals surface area contributed by atoms with E-state index in [-0.39, 0.29) is 0 Å². The van der Waals surface area contributed by atoms with Crippen molar-refractivity contribution in [3.8, 4) is 0 Å². The van der Waals surface area contributed by atoms with Gasteiger partial charge in [0, 0.05) is 0 Å². The molecule has 1 heteroatoms. The standard InChI is InChI=1S/C9H14O/c1-2-4-9-7-10-6-5-8(9)3-1/h8-9H,1-5,7H2. The zero-order chi connectivity index (χ0) is 6.81. The molecule has 0 N–H and O–H groups in total. The van der Waals surface area contributed by atoms with E-state index in [4.69, 9.17) is 4.74 Å². The Kier molecular flexibility index (Phi) is 1.94. The average Bonchev–Trinajstić information content (AvgIpc) is 2.05. The van der Waals surface area contributed by atoms with Crippen molar-refractivity contribution in [1.82, 2.24) is 0 Å². The monoisotopic (exact) mass is 138 g/mol. The van der Waals surface area contributed by atoms with Gasteiger partial charge in [0.25, 0.3) is 0 Å². The smallest absolute Gasteiger partial charge is 0.132 e. The highest BCUT2D eigenvalue weighted by Gasteiger charge is 2.28. The number of rotatable bonds is 0. The molecule has 56 valence electrons. The highest BCUT2D eigenvalue weighted by molar-refractivity contribution is 4.81. The molecule has 2 unspecified atom stereocenters. The molecule has 2 radical (unpaired) electrons. The second-order valence-electron chi connectivity index (χ2n) is 3.46.